The van der Waals surface area contributed by atoms with Crippen molar-refractivity contribution in [3.8, 4) is 11.4 Å². The number of aromatic nitrogens is 2. The van der Waals surface area contributed by atoms with Crippen molar-refractivity contribution in [1.82, 2.24) is 15.5 Å². The van der Waals surface area contributed by atoms with Gasteiger partial charge < -0.3 is 15.6 Å². The van der Waals surface area contributed by atoms with Crippen LogP contribution in [0.25, 0.3) is 11.4 Å². The van der Waals surface area contributed by atoms with Gasteiger partial charge in [0.15, 0.2) is 0 Å². The van der Waals surface area contributed by atoms with Crippen LogP contribution in [-0.2, 0) is 4.79 Å². The first-order chi connectivity index (χ1) is 10.5. The summed E-state index contributed by atoms with van der Waals surface area (Å²) >= 11 is 0. The topological polar surface area (TPSA) is 94.0 Å². The van der Waals surface area contributed by atoms with E-state index in [4.69, 9.17) is 10.3 Å². The molecule has 0 bridgehead atoms. The van der Waals surface area contributed by atoms with Crippen LogP contribution in [0.15, 0.2) is 34.9 Å². The highest BCUT2D eigenvalue weighted by Gasteiger charge is 2.20. The minimum absolute atomic E-state index is 0.0757. The van der Waals surface area contributed by atoms with E-state index >= 15 is 0 Å². The van der Waals surface area contributed by atoms with E-state index in [0.29, 0.717) is 18.3 Å². The van der Waals surface area contributed by atoms with Crippen molar-refractivity contribution in [2.45, 2.75) is 32.7 Å². The van der Waals surface area contributed by atoms with E-state index in [1.807, 2.05) is 51.1 Å². The highest BCUT2D eigenvalue weighted by Crippen LogP contribution is 2.19. The Labute approximate surface area is 130 Å². The Bertz CT molecular complexity index is 610. The molecule has 1 aromatic heterocycles. The van der Waals surface area contributed by atoms with Crippen LogP contribution in [-0.4, -0.2) is 28.6 Å². The molecule has 1 unspecified atom stereocenters. The second-order valence-corrected chi connectivity index (χ2v) is 5.74. The average Bonchev–Trinajstić information content (AvgIpc) is 3.02. The molecule has 0 saturated heterocycles. The van der Waals surface area contributed by atoms with Gasteiger partial charge in [-0.2, -0.15) is 4.98 Å². The molecule has 0 fully saturated rings. The number of rotatable bonds is 6. The quantitative estimate of drug-likeness (QED) is 0.850. The third-order valence-corrected chi connectivity index (χ3v) is 3.50. The summed E-state index contributed by atoms with van der Waals surface area (Å²) in [5.41, 5.74) is 6.70. The van der Waals surface area contributed by atoms with Crippen LogP contribution >= 0.6 is 0 Å². The summed E-state index contributed by atoms with van der Waals surface area (Å²) in [6, 6.07) is 9.10. The van der Waals surface area contributed by atoms with Gasteiger partial charge in [0.2, 0.25) is 17.6 Å². The van der Waals surface area contributed by atoms with Gasteiger partial charge in [0.1, 0.15) is 0 Å². The molecule has 2 atom stereocenters. The van der Waals surface area contributed by atoms with Crippen LogP contribution in [0.3, 0.4) is 0 Å². The Kier molecular flexibility index (Phi) is 5.27. The van der Waals surface area contributed by atoms with Crippen molar-refractivity contribution in [3.05, 3.63) is 36.2 Å². The van der Waals surface area contributed by atoms with E-state index in [2.05, 4.69) is 15.5 Å². The molecule has 22 heavy (non-hydrogen) atoms. The minimum atomic E-state index is -0.505. The smallest absolute Gasteiger partial charge is 0.237 e. The first kappa shape index (κ1) is 16.2. The largest absolute Gasteiger partial charge is 0.354 e. The first-order valence-corrected chi connectivity index (χ1v) is 7.41. The zero-order valence-corrected chi connectivity index (χ0v) is 13.1. The molecule has 0 aliphatic heterocycles. The Hall–Kier alpha value is -2.21. The molecular weight excluding hydrogens is 280 g/mol. The number of benzene rings is 1. The third kappa shape index (κ3) is 3.92. The fourth-order valence-electron chi connectivity index (χ4n) is 1.90. The highest BCUT2D eigenvalue weighted by molar-refractivity contribution is 5.81. The Morgan fingerprint density at radius 1 is 1.27 bits per heavy atom. The number of carbonyl (C=O) groups excluding carboxylic acids is 1. The van der Waals surface area contributed by atoms with Gasteiger partial charge >= 0.3 is 0 Å². The summed E-state index contributed by atoms with van der Waals surface area (Å²) in [4.78, 5) is 16.2. The van der Waals surface area contributed by atoms with Crippen LogP contribution < -0.4 is 11.1 Å². The lowest BCUT2D eigenvalue weighted by Crippen LogP contribution is -2.44. The Morgan fingerprint density at radius 2 is 1.95 bits per heavy atom. The van der Waals surface area contributed by atoms with Crippen molar-refractivity contribution < 1.29 is 9.32 Å². The van der Waals surface area contributed by atoms with Crippen LogP contribution in [0, 0.1) is 5.92 Å². The molecule has 118 valence electrons. The maximum absolute atomic E-state index is 11.8. The second kappa shape index (κ2) is 7.17. The number of hydrogen-bond acceptors (Lipinski definition) is 5. The van der Waals surface area contributed by atoms with Crippen molar-refractivity contribution in [2.24, 2.45) is 11.7 Å². The van der Waals surface area contributed by atoms with Gasteiger partial charge in [-0.15, -0.1) is 0 Å². The Balaban J connectivity index is 1.95. The SMILES string of the molecule is CC(CNC(=O)[C@@H](N)C(C)C)c1nc(-c2ccccc2)no1. The van der Waals surface area contributed by atoms with Crippen LogP contribution in [0.2, 0.25) is 0 Å². The summed E-state index contributed by atoms with van der Waals surface area (Å²) in [5.74, 6) is 0.909. The molecule has 0 aliphatic carbocycles. The highest BCUT2D eigenvalue weighted by atomic mass is 16.5. The number of nitrogens with two attached hydrogens (primary N) is 1. The molecule has 2 aromatic rings. The molecule has 6 nitrogen and oxygen atoms in total. The van der Waals surface area contributed by atoms with E-state index in [0.717, 1.165) is 5.56 Å². The zero-order chi connectivity index (χ0) is 16.1. The van der Waals surface area contributed by atoms with Crippen LogP contribution in [0.4, 0.5) is 0 Å². The van der Waals surface area contributed by atoms with Crippen molar-refractivity contribution in [3.63, 3.8) is 0 Å². The number of hydrogen-bond donors (Lipinski definition) is 2. The Morgan fingerprint density at radius 3 is 2.59 bits per heavy atom. The van der Waals surface area contributed by atoms with Crippen LogP contribution in [0.1, 0.15) is 32.6 Å². The number of amides is 1. The van der Waals surface area contributed by atoms with Gasteiger partial charge in [0, 0.05) is 12.1 Å². The van der Waals surface area contributed by atoms with Gasteiger partial charge in [-0.3, -0.25) is 4.79 Å². The fourth-order valence-corrected chi connectivity index (χ4v) is 1.90. The normalized spacial score (nSPS) is 13.9. The fraction of sp³-hybridized carbons (Fsp3) is 0.438. The van der Waals surface area contributed by atoms with Crippen molar-refractivity contribution in [2.75, 3.05) is 6.54 Å². The second-order valence-electron chi connectivity index (χ2n) is 5.74. The third-order valence-electron chi connectivity index (χ3n) is 3.50. The van der Waals surface area contributed by atoms with Gasteiger partial charge in [-0.1, -0.05) is 56.3 Å². The average molecular weight is 302 g/mol. The van der Waals surface area contributed by atoms with E-state index in [1.165, 1.54) is 0 Å². The summed E-state index contributed by atoms with van der Waals surface area (Å²) in [6.45, 7) is 6.16. The summed E-state index contributed by atoms with van der Waals surface area (Å²) in [5, 5.41) is 6.79. The standard InChI is InChI=1S/C16H22N4O2/c1-10(2)13(17)15(21)18-9-11(3)16-19-14(20-22-16)12-7-5-4-6-8-12/h4-8,10-11,13H,9,17H2,1-3H3,(H,18,21)/t11?,13-/m0/s1. The van der Waals surface area contributed by atoms with E-state index in [1.54, 1.807) is 0 Å². The molecule has 1 amide bonds. The lowest BCUT2D eigenvalue weighted by Gasteiger charge is -2.16. The predicted molar refractivity (Wildman–Crippen MR) is 84.0 cm³/mol. The maximum atomic E-state index is 11.8. The van der Waals surface area contributed by atoms with Gasteiger partial charge in [0.05, 0.1) is 12.0 Å². The number of carbonyl (C=O) groups is 1. The lowest BCUT2D eigenvalue weighted by molar-refractivity contribution is -0.123. The molecule has 0 radical (unpaired) electrons. The van der Waals surface area contributed by atoms with Crippen LogP contribution in [0.5, 0.6) is 0 Å². The molecule has 6 heteroatoms. The molecular formula is C16H22N4O2. The molecule has 0 saturated carbocycles. The molecule has 1 aromatic carbocycles. The van der Waals surface area contributed by atoms with E-state index < -0.39 is 6.04 Å². The molecule has 3 N–H and O–H groups in total. The minimum Gasteiger partial charge on any atom is -0.354 e. The van der Waals surface area contributed by atoms with Gasteiger partial charge in [0.25, 0.3) is 0 Å². The molecule has 0 spiro atoms. The van der Waals surface area contributed by atoms with Gasteiger partial charge in [-0.25, -0.2) is 0 Å². The molecule has 1 heterocycles. The number of nitrogens with one attached hydrogen (secondary N) is 1. The predicted octanol–water partition coefficient (Wildman–Crippen LogP) is 1.94. The summed E-state index contributed by atoms with van der Waals surface area (Å²) < 4.78 is 5.28. The first-order valence-electron chi connectivity index (χ1n) is 7.41. The summed E-state index contributed by atoms with van der Waals surface area (Å²) in [7, 11) is 0. The summed E-state index contributed by atoms with van der Waals surface area (Å²) in [6.07, 6.45) is 0. The maximum Gasteiger partial charge on any atom is 0.237 e. The lowest BCUT2D eigenvalue weighted by atomic mass is 10.0. The van der Waals surface area contributed by atoms with Crippen molar-refractivity contribution >= 4 is 5.91 Å². The van der Waals surface area contributed by atoms with Crippen molar-refractivity contribution in [1.29, 1.82) is 0 Å². The van der Waals surface area contributed by atoms with E-state index in [9.17, 15) is 4.79 Å². The molecule has 2 rings (SSSR count). The number of nitrogens with zero attached hydrogens (tertiary/aromatic N) is 2. The monoisotopic (exact) mass is 302 g/mol. The zero-order valence-electron chi connectivity index (χ0n) is 13.1. The van der Waals surface area contributed by atoms with Gasteiger partial charge in [-0.05, 0) is 5.92 Å². The molecule has 0 aliphatic rings. The van der Waals surface area contributed by atoms with E-state index in [-0.39, 0.29) is 17.7 Å².